The molecule has 3 heteroatoms. The Kier molecular flexibility index (Phi) is 7.36. The van der Waals surface area contributed by atoms with Crippen molar-refractivity contribution in [2.45, 2.75) is 5.41 Å². The van der Waals surface area contributed by atoms with Gasteiger partial charge in [0.1, 0.15) is 0 Å². The summed E-state index contributed by atoms with van der Waals surface area (Å²) in [5, 5.41) is 2.24. The van der Waals surface area contributed by atoms with E-state index in [0.29, 0.717) is 17.5 Å². The second-order valence-electron chi connectivity index (χ2n) is 13.6. The number of rotatable bonds is 6. The van der Waals surface area contributed by atoms with Gasteiger partial charge >= 0.3 is 0 Å². The average Bonchev–Trinajstić information content (AvgIpc) is 3.53. The van der Waals surface area contributed by atoms with Gasteiger partial charge in [0.15, 0.2) is 17.5 Å². The first kappa shape index (κ1) is 30.8. The molecule has 0 saturated heterocycles. The van der Waals surface area contributed by atoms with Crippen LogP contribution in [0.3, 0.4) is 0 Å². The maximum atomic E-state index is 5.19. The molecule has 1 aromatic heterocycles. The number of benzene rings is 8. The van der Waals surface area contributed by atoms with Gasteiger partial charge in [-0.05, 0) is 67.4 Å². The molecule has 10 rings (SSSR count). The zero-order chi connectivity index (χ0) is 35.2. The van der Waals surface area contributed by atoms with Crippen LogP contribution < -0.4 is 0 Å². The second-order valence-corrected chi connectivity index (χ2v) is 13.6. The Morgan fingerprint density at radius 2 is 0.774 bits per heavy atom. The largest absolute Gasteiger partial charge is 0.208 e. The molecule has 1 heterocycles. The minimum absolute atomic E-state index is 0.467. The molecule has 3 nitrogen and oxygen atoms in total. The summed E-state index contributed by atoms with van der Waals surface area (Å²) < 4.78 is 0. The van der Waals surface area contributed by atoms with E-state index in [4.69, 9.17) is 15.0 Å². The molecule has 0 saturated carbocycles. The molecule has 0 spiro atoms. The van der Waals surface area contributed by atoms with Crippen LogP contribution in [0, 0.1) is 0 Å². The van der Waals surface area contributed by atoms with Crippen LogP contribution in [-0.2, 0) is 5.41 Å². The lowest BCUT2D eigenvalue weighted by Gasteiger charge is -2.34. The monoisotopic (exact) mass is 675 g/mol. The van der Waals surface area contributed by atoms with E-state index in [2.05, 4.69) is 176 Å². The number of fused-ring (bicyclic) bond motifs is 4. The lowest BCUT2D eigenvalue weighted by molar-refractivity contribution is 0.769. The topological polar surface area (TPSA) is 38.7 Å². The van der Waals surface area contributed by atoms with E-state index < -0.39 is 5.41 Å². The fraction of sp³-hybridized carbons (Fsp3) is 0.0200. The van der Waals surface area contributed by atoms with Crippen molar-refractivity contribution in [3.8, 4) is 56.4 Å². The van der Waals surface area contributed by atoms with E-state index in [-0.39, 0.29) is 0 Å². The molecular weight excluding hydrogens is 643 g/mol. The van der Waals surface area contributed by atoms with Crippen molar-refractivity contribution in [1.29, 1.82) is 0 Å². The molecule has 53 heavy (non-hydrogen) atoms. The minimum atomic E-state index is -0.467. The molecular formula is C50H33N3. The van der Waals surface area contributed by atoms with Crippen LogP contribution in [0.4, 0.5) is 0 Å². The van der Waals surface area contributed by atoms with E-state index in [1.165, 1.54) is 38.9 Å². The van der Waals surface area contributed by atoms with E-state index in [0.717, 1.165) is 33.0 Å². The fourth-order valence-corrected chi connectivity index (χ4v) is 8.19. The van der Waals surface area contributed by atoms with Gasteiger partial charge in [-0.3, -0.25) is 0 Å². The van der Waals surface area contributed by atoms with E-state index in [9.17, 15) is 0 Å². The van der Waals surface area contributed by atoms with Crippen LogP contribution in [0.1, 0.15) is 22.3 Å². The molecule has 0 N–H and O–H groups in total. The summed E-state index contributed by atoms with van der Waals surface area (Å²) in [7, 11) is 0. The maximum absolute atomic E-state index is 5.19. The molecule has 0 aliphatic heterocycles. The van der Waals surface area contributed by atoms with Crippen molar-refractivity contribution < 1.29 is 0 Å². The van der Waals surface area contributed by atoms with Gasteiger partial charge in [0, 0.05) is 16.7 Å². The number of aromatic nitrogens is 3. The van der Waals surface area contributed by atoms with Crippen molar-refractivity contribution in [1.82, 2.24) is 15.0 Å². The number of hydrogen-bond acceptors (Lipinski definition) is 3. The quantitative estimate of drug-likeness (QED) is 0.176. The zero-order valence-electron chi connectivity index (χ0n) is 28.9. The normalized spacial score (nSPS) is 12.7. The molecule has 0 radical (unpaired) electrons. The van der Waals surface area contributed by atoms with Crippen molar-refractivity contribution >= 4 is 10.8 Å². The lowest BCUT2D eigenvalue weighted by Crippen LogP contribution is -2.28. The van der Waals surface area contributed by atoms with Gasteiger partial charge in [-0.2, -0.15) is 0 Å². The highest BCUT2D eigenvalue weighted by Crippen LogP contribution is 2.57. The summed E-state index contributed by atoms with van der Waals surface area (Å²) in [6.07, 6.45) is 0. The van der Waals surface area contributed by atoms with E-state index in [1.54, 1.807) is 0 Å². The predicted molar refractivity (Wildman–Crippen MR) is 216 cm³/mol. The van der Waals surface area contributed by atoms with Gasteiger partial charge in [0.05, 0.1) is 5.41 Å². The molecule has 0 unspecified atom stereocenters. The van der Waals surface area contributed by atoms with Crippen LogP contribution in [0.15, 0.2) is 200 Å². The van der Waals surface area contributed by atoms with Gasteiger partial charge in [-0.25, -0.2) is 15.0 Å². The molecule has 0 fully saturated rings. The van der Waals surface area contributed by atoms with Crippen LogP contribution in [0.2, 0.25) is 0 Å². The number of hydrogen-bond donors (Lipinski definition) is 0. The first-order chi connectivity index (χ1) is 26.3. The van der Waals surface area contributed by atoms with Gasteiger partial charge in [-0.15, -0.1) is 0 Å². The van der Waals surface area contributed by atoms with Crippen LogP contribution in [0.25, 0.3) is 67.2 Å². The summed E-state index contributed by atoms with van der Waals surface area (Å²) in [5.74, 6) is 1.94. The summed E-state index contributed by atoms with van der Waals surface area (Å²) in [5.41, 5.74) is 12.3. The Morgan fingerprint density at radius 1 is 0.302 bits per heavy atom. The smallest absolute Gasteiger partial charge is 0.164 e. The number of nitrogens with zero attached hydrogens (tertiary/aromatic N) is 3. The molecule has 9 aromatic rings. The Bertz CT molecular complexity index is 2700. The third-order valence-corrected chi connectivity index (χ3v) is 10.6. The Balaban J connectivity index is 1.19. The molecule has 0 bridgehead atoms. The molecule has 0 amide bonds. The van der Waals surface area contributed by atoms with E-state index in [1.807, 2.05) is 24.3 Å². The van der Waals surface area contributed by atoms with Gasteiger partial charge in [0.25, 0.3) is 0 Å². The van der Waals surface area contributed by atoms with Gasteiger partial charge in [0.2, 0.25) is 0 Å². The third kappa shape index (κ3) is 5.09. The van der Waals surface area contributed by atoms with Crippen molar-refractivity contribution in [2.24, 2.45) is 0 Å². The third-order valence-electron chi connectivity index (χ3n) is 10.6. The lowest BCUT2D eigenvalue weighted by atomic mass is 9.67. The van der Waals surface area contributed by atoms with Crippen LogP contribution in [-0.4, -0.2) is 15.0 Å². The van der Waals surface area contributed by atoms with Crippen LogP contribution >= 0.6 is 0 Å². The highest BCUT2D eigenvalue weighted by Gasteiger charge is 2.46. The highest BCUT2D eigenvalue weighted by atomic mass is 15.0. The minimum Gasteiger partial charge on any atom is -0.208 e. The highest BCUT2D eigenvalue weighted by molar-refractivity contribution is 6.02. The SMILES string of the molecule is c1ccc(-c2ccc(-c3nc(-c4ccccc4)nc(-c4cccc5cc6c(cc45)-c4ccccc4C6(c4ccccc4)c4ccccc4)n3)cc2)cc1. The van der Waals surface area contributed by atoms with Gasteiger partial charge < -0.3 is 0 Å². The summed E-state index contributed by atoms with van der Waals surface area (Å²) in [6, 6.07) is 71.1. The van der Waals surface area contributed by atoms with Crippen molar-refractivity contribution in [2.75, 3.05) is 0 Å². The summed E-state index contributed by atoms with van der Waals surface area (Å²) >= 11 is 0. The predicted octanol–water partition coefficient (Wildman–Crippen LogP) is 12.1. The van der Waals surface area contributed by atoms with Crippen molar-refractivity contribution in [3.05, 3.63) is 222 Å². The molecule has 8 aromatic carbocycles. The van der Waals surface area contributed by atoms with E-state index >= 15 is 0 Å². The average molecular weight is 676 g/mol. The van der Waals surface area contributed by atoms with Gasteiger partial charge in [-0.1, -0.05) is 188 Å². The zero-order valence-corrected chi connectivity index (χ0v) is 28.9. The Morgan fingerprint density at radius 3 is 1.42 bits per heavy atom. The molecule has 0 atom stereocenters. The Hall–Kier alpha value is -6.97. The van der Waals surface area contributed by atoms with Crippen molar-refractivity contribution in [3.63, 3.8) is 0 Å². The standard InChI is InChI=1S/C50H33N3/c1-5-16-34(17-6-1)35-28-30-37(31-29-35)48-51-47(36-18-7-2-8-19-36)52-49(53-48)42-26-15-20-38-32-46-44(33-43(38)42)41-25-13-14-27-45(41)50(46,39-21-9-3-10-22-39)40-23-11-4-12-24-40/h1-33H. The maximum Gasteiger partial charge on any atom is 0.164 e. The molecule has 248 valence electrons. The molecule has 1 aliphatic rings. The fourth-order valence-electron chi connectivity index (χ4n) is 8.19. The Labute approximate surface area is 309 Å². The summed E-state index contributed by atoms with van der Waals surface area (Å²) in [6.45, 7) is 0. The molecule has 1 aliphatic carbocycles. The summed E-state index contributed by atoms with van der Waals surface area (Å²) in [4.78, 5) is 15.4. The second kappa shape index (κ2) is 12.7. The first-order valence-corrected chi connectivity index (χ1v) is 18.0. The first-order valence-electron chi connectivity index (χ1n) is 18.0. The van der Waals surface area contributed by atoms with Crippen LogP contribution in [0.5, 0.6) is 0 Å².